The van der Waals surface area contributed by atoms with Gasteiger partial charge in [0.2, 0.25) is 23.6 Å². The molecule has 0 rings (SSSR count). The van der Waals surface area contributed by atoms with Crippen molar-refractivity contribution in [2.75, 3.05) is 18.6 Å². The molecule has 4 amide bonds. The zero-order valence-electron chi connectivity index (χ0n) is 15.7. The lowest BCUT2D eigenvalue weighted by molar-refractivity contribution is -0.141. The van der Waals surface area contributed by atoms with Gasteiger partial charge in [-0.2, -0.15) is 11.8 Å². The number of carbonyl (C=O) groups excluding carboxylic acids is 4. The summed E-state index contributed by atoms with van der Waals surface area (Å²) >= 11 is 1.37. The van der Waals surface area contributed by atoms with Gasteiger partial charge in [-0.15, -0.1) is 0 Å². The molecule has 0 fully saturated rings. The minimum absolute atomic E-state index is 0.132. The third-order valence-electron chi connectivity index (χ3n) is 3.43. The van der Waals surface area contributed by atoms with Crippen molar-refractivity contribution in [3.05, 3.63) is 0 Å². The number of hydrogen-bond donors (Lipinski definition) is 7. The topological polar surface area (TPSA) is 231 Å². The molecule has 0 spiro atoms. The van der Waals surface area contributed by atoms with Gasteiger partial charge in [0.1, 0.15) is 18.6 Å². The molecule has 0 aromatic carbocycles. The molecule has 164 valence electrons. The van der Waals surface area contributed by atoms with Crippen molar-refractivity contribution in [3.8, 4) is 0 Å². The number of carboxylic acid groups (broad SMARTS) is 2. The largest absolute Gasteiger partial charge is 0.481 e. The molecule has 0 aromatic heterocycles. The highest BCUT2D eigenvalue weighted by atomic mass is 32.2. The fourth-order valence-corrected chi connectivity index (χ4v) is 2.51. The van der Waals surface area contributed by atoms with Crippen molar-refractivity contribution in [2.45, 2.75) is 37.4 Å². The quantitative estimate of drug-likeness (QED) is 0.143. The minimum atomic E-state index is -1.58. The molecule has 0 saturated heterocycles. The normalized spacial score (nSPS) is 13.4. The lowest BCUT2D eigenvalue weighted by Gasteiger charge is -2.23. The molecule has 0 bridgehead atoms. The Kier molecular flexibility index (Phi) is 12.0. The first-order valence-electron chi connectivity index (χ1n) is 8.32. The highest BCUT2D eigenvalue weighted by Crippen LogP contribution is 2.03. The van der Waals surface area contributed by atoms with E-state index in [0.29, 0.717) is 5.75 Å². The first kappa shape index (κ1) is 26.1. The highest BCUT2D eigenvalue weighted by Gasteiger charge is 2.30. The fraction of sp³-hybridized carbons (Fsp3) is 0.600. The minimum Gasteiger partial charge on any atom is -0.481 e. The summed E-state index contributed by atoms with van der Waals surface area (Å²) in [4.78, 5) is 69.0. The monoisotopic (exact) mass is 435 g/mol. The van der Waals surface area contributed by atoms with Crippen molar-refractivity contribution in [1.82, 2.24) is 16.0 Å². The second-order valence-corrected chi connectivity index (χ2v) is 6.88. The summed E-state index contributed by atoms with van der Waals surface area (Å²) in [5, 5.41) is 24.1. The Balaban J connectivity index is 5.22. The van der Waals surface area contributed by atoms with Gasteiger partial charge in [-0.05, 0) is 18.4 Å². The Morgan fingerprint density at radius 1 is 0.897 bits per heavy atom. The summed E-state index contributed by atoms with van der Waals surface area (Å²) in [6.45, 7) is -0.665. The van der Waals surface area contributed by atoms with Crippen LogP contribution in [-0.2, 0) is 28.8 Å². The lowest BCUT2D eigenvalue weighted by Crippen LogP contribution is -2.56. The number of rotatable bonds is 14. The van der Waals surface area contributed by atoms with Gasteiger partial charge in [0.15, 0.2) is 0 Å². The second-order valence-electron chi connectivity index (χ2n) is 5.89. The Labute approximate surface area is 170 Å². The summed E-state index contributed by atoms with van der Waals surface area (Å²) in [6, 6.07) is -4.12. The van der Waals surface area contributed by atoms with Gasteiger partial charge in [-0.1, -0.05) is 0 Å². The molecule has 3 unspecified atom stereocenters. The van der Waals surface area contributed by atoms with Gasteiger partial charge < -0.3 is 37.6 Å². The Morgan fingerprint density at radius 3 is 1.97 bits per heavy atom. The number of primary amides is 1. The van der Waals surface area contributed by atoms with Crippen molar-refractivity contribution in [2.24, 2.45) is 11.5 Å². The van der Waals surface area contributed by atoms with Crippen LogP contribution >= 0.6 is 11.8 Å². The van der Waals surface area contributed by atoms with E-state index in [1.807, 2.05) is 0 Å². The number of nitrogens with one attached hydrogen (secondary N) is 3. The maximum absolute atomic E-state index is 12.5. The number of aliphatic carboxylic acids is 2. The first-order valence-corrected chi connectivity index (χ1v) is 9.72. The molecule has 14 heteroatoms. The maximum atomic E-state index is 12.5. The van der Waals surface area contributed by atoms with Crippen LogP contribution in [0.4, 0.5) is 0 Å². The van der Waals surface area contributed by atoms with Crippen LogP contribution in [0.1, 0.15) is 19.3 Å². The zero-order chi connectivity index (χ0) is 22.6. The molecule has 0 aliphatic carbocycles. The maximum Gasteiger partial charge on any atom is 0.322 e. The predicted octanol–water partition coefficient (Wildman–Crippen LogP) is -3.41. The zero-order valence-corrected chi connectivity index (χ0v) is 16.5. The van der Waals surface area contributed by atoms with Crippen molar-refractivity contribution in [3.63, 3.8) is 0 Å². The van der Waals surface area contributed by atoms with E-state index in [1.54, 1.807) is 6.26 Å². The molecule has 29 heavy (non-hydrogen) atoms. The van der Waals surface area contributed by atoms with E-state index < -0.39 is 73.1 Å². The average Bonchev–Trinajstić information content (AvgIpc) is 2.61. The van der Waals surface area contributed by atoms with Gasteiger partial charge in [0, 0.05) is 0 Å². The molecule has 0 aromatic rings. The summed E-state index contributed by atoms with van der Waals surface area (Å²) in [5.41, 5.74) is 10.4. The molecule has 0 aliphatic rings. The smallest absolute Gasteiger partial charge is 0.322 e. The van der Waals surface area contributed by atoms with Crippen LogP contribution in [0.15, 0.2) is 0 Å². The Hall–Kier alpha value is -2.87. The summed E-state index contributed by atoms with van der Waals surface area (Å²) in [5.74, 6) is -5.85. The van der Waals surface area contributed by atoms with Gasteiger partial charge in [-0.3, -0.25) is 28.8 Å². The van der Waals surface area contributed by atoms with E-state index >= 15 is 0 Å². The van der Waals surface area contributed by atoms with Crippen molar-refractivity contribution >= 4 is 47.3 Å². The Morgan fingerprint density at radius 2 is 1.48 bits per heavy atom. The van der Waals surface area contributed by atoms with Gasteiger partial charge >= 0.3 is 11.9 Å². The van der Waals surface area contributed by atoms with Gasteiger partial charge in [0.05, 0.1) is 18.9 Å². The first-order chi connectivity index (χ1) is 13.5. The van der Waals surface area contributed by atoms with Crippen LogP contribution in [0, 0.1) is 0 Å². The van der Waals surface area contributed by atoms with Gasteiger partial charge in [0.25, 0.3) is 0 Å². The van der Waals surface area contributed by atoms with E-state index in [2.05, 4.69) is 16.0 Å². The highest BCUT2D eigenvalue weighted by molar-refractivity contribution is 7.98. The number of thioether (sulfide) groups is 1. The van der Waals surface area contributed by atoms with Crippen LogP contribution in [0.5, 0.6) is 0 Å². The molecule has 0 saturated carbocycles. The molecular weight excluding hydrogens is 410 g/mol. The van der Waals surface area contributed by atoms with Gasteiger partial charge in [-0.25, -0.2) is 0 Å². The fourth-order valence-electron chi connectivity index (χ4n) is 2.03. The number of nitrogens with two attached hydrogens (primary N) is 2. The van der Waals surface area contributed by atoms with Crippen LogP contribution in [0.2, 0.25) is 0 Å². The molecule has 0 radical (unpaired) electrons. The van der Waals surface area contributed by atoms with E-state index in [0.717, 1.165) is 0 Å². The molecule has 0 heterocycles. The molecule has 13 nitrogen and oxygen atoms in total. The Bertz CT molecular complexity index is 644. The lowest BCUT2D eigenvalue weighted by atomic mass is 10.1. The van der Waals surface area contributed by atoms with Crippen molar-refractivity contribution in [1.29, 1.82) is 0 Å². The number of carboxylic acids is 2. The second kappa shape index (κ2) is 13.3. The standard InChI is InChI=1S/C15H25N5O8S/c1-29-3-2-8(14(27)18-6-12(24)25)19-15(28)9(5-11(22)23)20-13(26)7(16)4-10(17)21/h7-9H,2-6,16H2,1H3,(H2,17,21)(H,18,27)(H,19,28)(H,20,26)(H,22,23)(H,24,25). The van der Waals surface area contributed by atoms with Crippen LogP contribution in [-0.4, -0.2) is 82.5 Å². The molecular formula is C15H25N5O8S. The summed E-state index contributed by atoms with van der Waals surface area (Å²) in [7, 11) is 0. The van der Waals surface area contributed by atoms with Crippen LogP contribution < -0.4 is 27.4 Å². The average molecular weight is 435 g/mol. The number of amides is 4. The van der Waals surface area contributed by atoms with Crippen LogP contribution in [0.3, 0.4) is 0 Å². The molecule has 3 atom stereocenters. The molecule has 9 N–H and O–H groups in total. The van der Waals surface area contributed by atoms with E-state index in [9.17, 15) is 28.8 Å². The summed E-state index contributed by atoms with van der Waals surface area (Å²) in [6.07, 6.45) is 0.558. The van der Waals surface area contributed by atoms with E-state index in [1.165, 1.54) is 11.8 Å². The predicted molar refractivity (Wildman–Crippen MR) is 102 cm³/mol. The number of hydrogen-bond acceptors (Lipinski definition) is 8. The van der Waals surface area contributed by atoms with Crippen molar-refractivity contribution < 1.29 is 39.0 Å². The van der Waals surface area contributed by atoms with E-state index in [-0.39, 0.29) is 6.42 Å². The summed E-state index contributed by atoms with van der Waals surface area (Å²) < 4.78 is 0. The number of carbonyl (C=O) groups is 6. The third kappa shape index (κ3) is 11.5. The van der Waals surface area contributed by atoms with E-state index in [4.69, 9.17) is 21.7 Å². The third-order valence-corrected chi connectivity index (χ3v) is 4.07. The van der Waals surface area contributed by atoms with Crippen LogP contribution in [0.25, 0.3) is 0 Å². The SMILES string of the molecule is CSCCC(NC(=O)C(CC(=O)O)NC(=O)C(N)CC(N)=O)C(=O)NCC(=O)O. The molecule has 0 aliphatic heterocycles.